The van der Waals surface area contributed by atoms with Crippen LogP contribution in [0.3, 0.4) is 0 Å². The van der Waals surface area contributed by atoms with E-state index in [1.165, 1.54) is 0 Å². The molecule has 2 heterocycles. The molecule has 7 heteroatoms. The van der Waals surface area contributed by atoms with E-state index in [4.69, 9.17) is 19.4 Å². The molecule has 0 aliphatic carbocycles. The highest BCUT2D eigenvalue weighted by Gasteiger charge is 2.42. The first-order chi connectivity index (χ1) is 14.3. The van der Waals surface area contributed by atoms with Crippen molar-refractivity contribution < 1.29 is 23.3 Å². The van der Waals surface area contributed by atoms with Crippen LogP contribution in [0.5, 0.6) is 0 Å². The maximum atomic E-state index is 13.5. The molecule has 1 aliphatic rings. The summed E-state index contributed by atoms with van der Waals surface area (Å²) in [5, 5.41) is 0.899. The number of aromatic nitrogens is 2. The van der Waals surface area contributed by atoms with Gasteiger partial charge in [0, 0.05) is 21.7 Å². The van der Waals surface area contributed by atoms with Gasteiger partial charge in [-0.15, -0.1) is 0 Å². The van der Waals surface area contributed by atoms with Crippen LogP contribution < -0.4 is 16.6 Å². The minimum absolute atomic E-state index is 0.0980. The summed E-state index contributed by atoms with van der Waals surface area (Å²) < 4.78 is 79.2. The second kappa shape index (κ2) is 4.66. The molecular formula is C15H16N4O3. The lowest BCUT2D eigenvalue weighted by molar-refractivity contribution is -0.140. The van der Waals surface area contributed by atoms with Gasteiger partial charge >= 0.3 is 0 Å². The van der Waals surface area contributed by atoms with Gasteiger partial charge in [0.25, 0.3) is 11.5 Å². The van der Waals surface area contributed by atoms with Gasteiger partial charge in [-0.25, -0.2) is 4.98 Å². The average molecular weight is 310 g/mol. The Morgan fingerprint density at radius 2 is 2.27 bits per heavy atom. The molecule has 0 bridgehead atoms. The molecule has 0 unspecified atom stereocenters. The number of aryl methyl sites for hydroxylation is 1. The van der Waals surface area contributed by atoms with Crippen LogP contribution in [0.25, 0.3) is 10.9 Å². The summed E-state index contributed by atoms with van der Waals surface area (Å²) in [7, 11) is 0. The number of imide groups is 1. The Balaban J connectivity index is 2.64. The molecule has 7 nitrogen and oxygen atoms in total. The number of nitrogens with two attached hydrogens (primary N) is 1. The maximum Gasteiger partial charge on any atom is 0.264 e. The monoisotopic (exact) mass is 310 g/mol. The number of nitrogens with one attached hydrogen (secondary N) is 1. The van der Waals surface area contributed by atoms with Crippen LogP contribution in [-0.2, 0) is 15.1 Å². The summed E-state index contributed by atoms with van der Waals surface area (Å²) in [4.78, 5) is 42.0. The molecule has 2 amide bonds. The van der Waals surface area contributed by atoms with Crippen LogP contribution in [0.1, 0.15) is 39.2 Å². The molecule has 3 N–H and O–H groups in total. The molecule has 1 fully saturated rings. The summed E-state index contributed by atoms with van der Waals surface area (Å²) in [6.45, 7) is -2.56. The second-order valence-corrected chi connectivity index (χ2v) is 4.69. The highest BCUT2D eigenvalue weighted by atomic mass is 16.2. The first-order valence-corrected chi connectivity index (χ1v) is 6.02. The maximum absolute atomic E-state index is 13.5. The Kier molecular flexibility index (Phi) is 1.40. The lowest BCUT2D eigenvalue weighted by Gasteiger charge is -2.34. The first-order valence-electron chi connectivity index (χ1n) is 11.0. The second-order valence-electron chi connectivity index (χ2n) is 4.69. The van der Waals surface area contributed by atoms with Crippen LogP contribution in [-0.4, -0.2) is 21.4 Å². The van der Waals surface area contributed by atoms with Gasteiger partial charge < -0.3 is 5.73 Å². The SMILES string of the molecule is [2H]c1c([2H])c(N)c2c(=O)n([C@]3(C)C(=O)NC(=O)C([2H])([2H])C3([2H])[2H])c(C([2H])([2H])[2H])nc2c1[2H]. The van der Waals surface area contributed by atoms with Gasteiger partial charge in [0.05, 0.1) is 15.0 Å². The number of carbonyl (C=O) groups is 2. The molecule has 1 aliphatic heterocycles. The lowest BCUT2D eigenvalue weighted by Crippen LogP contribution is -2.56. The Morgan fingerprint density at radius 3 is 3.00 bits per heavy atom. The number of nitrogens with zero attached hydrogens (tertiary/aromatic N) is 2. The number of hydrogen-bond acceptors (Lipinski definition) is 5. The van der Waals surface area contributed by atoms with Crippen molar-refractivity contribution in [2.24, 2.45) is 0 Å². The van der Waals surface area contributed by atoms with E-state index < -0.39 is 83.1 Å². The third-order valence-corrected chi connectivity index (χ3v) is 3.27. The molecule has 1 aromatic heterocycles. The van der Waals surface area contributed by atoms with Crippen LogP contribution in [0.4, 0.5) is 5.69 Å². The van der Waals surface area contributed by atoms with Crippen LogP contribution in [0, 0.1) is 6.85 Å². The number of anilines is 1. The van der Waals surface area contributed by atoms with E-state index in [-0.39, 0.29) is 4.57 Å². The van der Waals surface area contributed by atoms with E-state index in [1.807, 2.05) is 0 Å². The molecule has 3 rings (SSSR count). The smallest absolute Gasteiger partial charge is 0.264 e. The van der Waals surface area contributed by atoms with Crippen molar-refractivity contribution in [2.45, 2.75) is 32.1 Å². The Hall–Kier alpha value is -2.70. The quantitative estimate of drug-likeness (QED) is 0.587. The average Bonchev–Trinajstić information content (AvgIpc) is 2.67. The van der Waals surface area contributed by atoms with Gasteiger partial charge in [-0.2, -0.15) is 0 Å². The minimum atomic E-state index is -3.46. The highest BCUT2D eigenvalue weighted by Crippen LogP contribution is 2.27. The summed E-state index contributed by atoms with van der Waals surface area (Å²) >= 11 is 0. The van der Waals surface area contributed by atoms with Gasteiger partial charge in [-0.05, 0) is 32.2 Å². The molecule has 0 saturated carbocycles. The zero-order valence-corrected chi connectivity index (χ0v) is 11.2. The van der Waals surface area contributed by atoms with Gasteiger partial charge in [-0.1, -0.05) is 6.04 Å². The zero-order chi connectivity index (χ0) is 24.8. The topological polar surface area (TPSA) is 107 Å². The van der Waals surface area contributed by atoms with E-state index in [2.05, 4.69) is 4.98 Å². The van der Waals surface area contributed by atoms with E-state index in [9.17, 15) is 14.4 Å². The third kappa shape index (κ3) is 1.89. The molecular weight excluding hydrogens is 284 g/mol. The first kappa shape index (κ1) is 6.60. The number of fused-ring (bicyclic) bond motifs is 1. The Labute approximate surface area is 140 Å². The van der Waals surface area contributed by atoms with Gasteiger partial charge in [0.15, 0.2) is 0 Å². The fraction of sp³-hybridized carbons (Fsp3) is 0.333. The van der Waals surface area contributed by atoms with Crippen molar-refractivity contribution in [1.29, 1.82) is 0 Å². The number of amides is 2. The largest absolute Gasteiger partial charge is 0.398 e. The molecule has 114 valence electrons. The van der Waals surface area contributed by atoms with Crippen molar-refractivity contribution >= 4 is 28.4 Å². The number of nitrogen functional groups attached to an aromatic ring is 1. The van der Waals surface area contributed by atoms with Crippen molar-refractivity contribution in [2.75, 3.05) is 5.73 Å². The zero-order valence-electron chi connectivity index (χ0n) is 21.2. The number of piperidine rings is 1. The van der Waals surface area contributed by atoms with Gasteiger partial charge in [-0.3, -0.25) is 24.3 Å². The van der Waals surface area contributed by atoms with Crippen LogP contribution >= 0.6 is 0 Å². The third-order valence-electron chi connectivity index (χ3n) is 3.27. The predicted molar refractivity (Wildman–Crippen MR) is 81.2 cm³/mol. The van der Waals surface area contributed by atoms with Crippen molar-refractivity contribution in [3.05, 3.63) is 34.3 Å². The molecule has 0 spiro atoms. The van der Waals surface area contributed by atoms with Crippen molar-refractivity contribution in [1.82, 2.24) is 14.9 Å². The van der Waals surface area contributed by atoms with E-state index in [1.54, 1.807) is 5.32 Å². The molecule has 1 atom stereocenters. The number of hydrogen-bond donors (Lipinski definition) is 2. The summed E-state index contributed by atoms with van der Waals surface area (Å²) in [5.74, 6) is -4.32. The fourth-order valence-corrected chi connectivity index (χ4v) is 2.14. The van der Waals surface area contributed by atoms with Gasteiger partial charge in [0.1, 0.15) is 11.4 Å². The van der Waals surface area contributed by atoms with E-state index in [0.717, 1.165) is 6.92 Å². The fourth-order valence-electron chi connectivity index (χ4n) is 2.14. The summed E-state index contributed by atoms with van der Waals surface area (Å²) in [5.41, 5.74) is 0.0325. The standard InChI is InChI=1S/C15H16N4O3/c1-8-17-10-5-3-4-9(16)12(10)13(21)19(8)15(2)7-6-11(20)18-14(15)22/h3-5H,6-7,16H2,1-2H3,(H,18,20,22)/t15-/m0/s1/i1D3,3D,4D,5D,6D2,7D2. The molecule has 22 heavy (non-hydrogen) atoms. The van der Waals surface area contributed by atoms with Gasteiger partial charge in [0.2, 0.25) is 5.91 Å². The molecule has 2 aromatic rings. The minimum Gasteiger partial charge on any atom is -0.398 e. The molecule has 1 saturated heterocycles. The summed E-state index contributed by atoms with van der Waals surface area (Å²) in [6.07, 6.45) is -6.84. The number of carbonyl (C=O) groups excluding carboxylic acids is 2. The molecule has 1 aromatic carbocycles. The summed E-state index contributed by atoms with van der Waals surface area (Å²) in [6, 6.07) is -2.28. The lowest BCUT2D eigenvalue weighted by atomic mass is 9.90. The van der Waals surface area contributed by atoms with E-state index >= 15 is 0 Å². The number of benzene rings is 1. The van der Waals surface area contributed by atoms with Crippen molar-refractivity contribution in [3.63, 3.8) is 0 Å². The Morgan fingerprint density at radius 1 is 1.50 bits per heavy atom. The van der Waals surface area contributed by atoms with Crippen LogP contribution in [0.2, 0.25) is 0 Å². The Bertz CT molecular complexity index is 1270. The van der Waals surface area contributed by atoms with Crippen molar-refractivity contribution in [3.8, 4) is 0 Å². The predicted octanol–water partition coefficient (Wildman–Crippen LogP) is 0.439. The molecule has 0 radical (unpaired) electrons. The van der Waals surface area contributed by atoms with Crippen LogP contribution in [0.15, 0.2) is 22.9 Å². The normalized spacial score (nSPS) is 33.7. The highest BCUT2D eigenvalue weighted by molar-refractivity contribution is 6.01. The number of rotatable bonds is 1. The van der Waals surface area contributed by atoms with E-state index in [0.29, 0.717) is 0 Å².